The molecule has 0 atom stereocenters. The van der Waals surface area contributed by atoms with E-state index in [0.717, 1.165) is 11.8 Å². The van der Waals surface area contributed by atoms with Gasteiger partial charge in [0, 0.05) is 12.1 Å². The van der Waals surface area contributed by atoms with E-state index < -0.39 is 0 Å². The van der Waals surface area contributed by atoms with Crippen LogP contribution < -0.4 is 4.72 Å². The summed E-state index contributed by atoms with van der Waals surface area (Å²) in [5, 5.41) is 0. The maximum atomic E-state index is 3.76. The van der Waals surface area contributed by atoms with E-state index >= 15 is 0 Å². The van der Waals surface area contributed by atoms with Crippen molar-refractivity contribution in [2.24, 2.45) is 0 Å². The fourth-order valence-corrected chi connectivity index (χ4v) is 5.21. The highest BCUT2D eigenvalue weighted by Gasteiger charge is 2.23. The van der Waals surface area contributed by atoms with Gasteiger partial charge in [0.1, 0.15) is 0 Å². The lowest BCUT2D eigenvalue weighted by atomic mass is 9.84. The van der Waals surface area contributed by atoms with Crippen molar-refractivity contribution >= 4 is 17.8 Å². The van der Waals surface area contributed by atoms with Gasteiger partial charge in [-0.1, -0.05) is 69.6 Å². The molecule has 0 heterocycles. The smallest absolute Gasteiger partial charge is 0.0521 e. The summed E-state index contributed by atoms with van der Waals surface area (Å²) < 4.78 is 5.93. The molecule has 1 aromatic carbocycles. The third kappa shape index (κ3) is 5.40. The van der Waals surface area contributed by atoms with E-state index in [2.05, 4.69) is 41.3 Å². The molecule has 0 radical (unpaired) electrons. The van der Waals surface area contributed by atoms with Crippen molar-refractivity contribution in [3.05, 3.63) is 29.3 Å². The number of nitrogens with zero attached hydrogens (tertiary/aromatic N) is 1. The van der Waals surface area contributed by atoms with Crippen molar-refractivity contribution in [1.29, 1.82) is 0 Å². The first-order valence-corrected chi connectivity index (χ1v) is 11.3. The Hall–Kier alpha value is -0.670. The van der Waals surface area contributed by atoms with E-state index in [9.17, 15) is 0 Å². The molecule has 0 bridgehead atoms. The fourth-order valence-electron chi connectivity index (χ4n) is 4.70. The Morgan fingerprint density at radius 2 is 1.20 bits per heavy atom. The summed E-state index contributed by atoms with van der Waals surface area (Å²) in [4.78, 5) is 0. The summed E-state index contributed by atoms with van der Waals surface area (Å²) >= 11 is 1.73. The van der Waals surface area contributed by atoms with Gasteiger partial charge in [-0.15, -0.1) is 0 Å². The fraction of sp³-hybridized carbons (Fsp3) is 0.727. The quantitative estimate of drug-likeness (QED) is 0.445. The minimum atomic E-state index is 0.749. The molecule has 2 nitrogen and oxygen atoms in total. The first-order chi connectivity index (χ1) is 12.3. The average molecular weight is 361 g/mol. The maximum absolute atomic E-state index is 3.76. The zero-order chi connectivity index (χ0) is 17.5. The molecule has 3 rings (SSSR count). The highest BCUT2D eigenvalue weighted by atomic mass is 32.2. The van der Waals surface area contributed by atoms with Crippen LogP contribution in [0.25, 0.3) is 0 Å². The number of anilines is 1. The first-order valence-electron chi connectivity index (χ1n) is 10.5. The maximum Gasteiger partial charge on any atom is 0.0521 e. The Morgan fingerprint density at radius 3 is 1.60 bits per heavy atom. The molecule has 1 aromatic rings. The molecule has 0 aromatic heterocycles. The van der Waals surface area contributed by atoms with Gasteiger partial charge in [-0.2, -0.15) is 0 Å². The van der Waals surface area contributed by atoms with Crippen molar-refractivity contribution in [1.82, 2.24) is 4.31 Å². The summed E-state index contributed by atoms with van der Waals surface area (Å²) in [6, 6.07) is 7.16. The lowest BCUT2D eigenvalue weighted by Gasteiger charge is -2.26. The molecule has 0 unspecified atom stereocenters. The normalized spacial score (nSPS) is 21.1. The average Bonchev–Trinajstić information content (AvgIpc) is 3.04. The molecular weight excluding hydrogens is 324 g/mol. The summed E-state index contributed by atoms with van der Waals surface area (Å²) in [7, 11) is 4.24. The Kier molecular flexibility index (Phi) is 7.54. The van der Waals surface area contributed by atoms with E-state index in [-0.39, 0.29) is 0 Å². The predicted octanol–water partition coefficient (Wildman–Crippen LogP) is 7.10. The van der Waals surface area contributed by atoms with Gasteiger partial charge in [-0.3, -0.25) is 0 Å². The minimum absolute atomic E-state index is 0.749. The molecule has 2 aliphatic carbocycles. The van der Waals surface area contributed by atoms with Gasteiger partial charge in [-0.25, -0.2) is 4.31 Å². The number of hydrogen-bond donors (Lipinski definition) is 1. The molecular formula is C22H36N2S. The number of hydrogen-bond acceptors (Lipinski definition) is 3. The molecule has 2 aliphatic rings. The number of benzene rings is 1. The predicted molar refractivity (Wildman–Crippen MR) is 112 cm³/mol. The van der Waals surface area contributed by atoms with Gasteiger partial charge in [0.25, 0.3) is 0 Å². The Morgan fingerprint density at radius 1 is 0.760 bits per heavy atom. The molecule has 3 heteroatoms. The molecule has 2 saturated carbocycles. The molecule has 1 N–H and O–H groups in total. The monoisotopic (exact) mass is 360 g/mol. The van der Waals surface area contributed by atoms with Crippen LogP contribution in [0.1, 0.15) is 100 Å². The molecule has 25 heavy (non-hydrogen) atoms. The number of rotatable bonds is 5. The van der Waals surface area contributed by atoms with Crippen LogP contribution in [0.5, 0.6) is 0 Å². The van der Waals surface area contributed by atoms with Crippen LogP contribution in [0.4, 0.5) is 5.69 Å². The largest absolute Gasteiger partial charge is 0.316 e. The standard InChI is InChI=1S/C22H36N2S/c1-24(2)25-23-22-20(18-12-7-3-4-8-13-18)16-11-17-21(22)19-14-9-5-6-10-15-19/h11,16-19,23H,3-10,12-15H2,1-2H3. The minimum Gasteiger partial charge on any atom is -0.316 e. The Balaban J connectivity index is 1.90. The van der Waals surface area contributed by atoms with Gasteiger partial charge < -0.3 is 4.72 Å². The second-order valence-corrected chi connectivity index (χ2v) is 9.31. The van der Waals surface area contributed by atoms with Gasteiger partial charge in [0.15, 0.2) is 0 Å². The molecule has 0 amide bonds. The van der Waals surface area contributed by atoms with Crippen LogP contribution in [-0.2, 0) is 0 Å². The summed E-state index contributed by atoms with van der Waals surface area (Å²) in [5.74, 6) is 1.50. The third-order valence-electron chi connectivity index (χ3n) is 6.05. The second kappa shape index (κ2) is 9.87. The summed E-state index contributed by atoms with van der Waals surface area (Å²) in [6.45, 7) is 0. The zero-order valence-corrected chi connectivity index (χ0v) is 17.0. The number of nitrogens with one attached hydrogen (secondary N) is 1. The lowest BCUT2D eigenvalue weighted by Crippen LogP contribution is -2.11. The SMILES string of the molecule is CN(C)SNc1c(C2CCCCCC2)cccc1C1CCCCCC1. The van der Waals surface area contributed by atoms with E-state index in [1.54, 1.807) is 23.3 Å². The van der Waals surface area contributed by atoms with Crippen LogP contribution in [0.15, 0.2) is 18.2 Å². The van der Waals surface area contributed by atoms with Gasteiger partial charge in [0.05, 0.1) is 5.69 Å². The van der Waals surface area contributed by atoms with Gasteiger partial charge >= 0.3 is 0 Å². The van der Waals surface area contributed by atoms with Crippen molar-refractivity contribution in [3.63, 3.8) is 0 Å². The highest BCUT2D eigenvalue weighted by molar-refractivity contribution is 7.98. The third-order valence-corrected chi connectivity index (χ3v) is 6.71. The van der Waals surface area contributed by atoms with E-state index in [1.807, 2.05) is 0 Å². The Labute approximate surface area is 159 Å². The topological polar surface area (TPSA) is 15.3 Å². The first kappa shape index (κ1) is 19.1. The second-order valence-electron chi connectivity index (χ2n) is 8.19. The van der Waals surface area contributed by atoms with Crippen LogP contribution in [0.2, 0.25) is 0 Å². The highest BCUT2D eigenvalue weighted by Crippen LogP contribution is 2.43. The summed E-state index contributed by atoms with van der Waals surface area (Å²) in [6.07, 6.45) is 16.8. The Bertz CT molecular complexity index is 475. The molecule has 140 valence electrons. The molecule has 2 fully saturated rings. The zero-order valence-electron chi connectivity index (χ0n) is 16.2. The number of para-hydroxylation sites is 1. The van der Waals surface area contributed by atoms with Gasteiger partial charge in [-0.05, 0) is 62.7 Å². The van der Waals surface area contributed by atoms with E-state index in [1.165, 1.54) is 82.7 Å². The van der Waals surface area contributed by atoms with E-state index in [0.29, 0.717) is 0 Å². The van der Waals surface area contributed by atoms with Crippen LogP contribution in [-0.4, -0.2) is 18.4 Å². The summed E-state index contributed by atoms with van der Waals surface area (Å²) in [5.41, 5.74) is 4.65. The van der Waals surface area contributed by atoms with E-state index in [4.69, 9.17) is 0 Å². The van der Waals surface area contributed by atoms with Crippen molar-refractivity contribution in [2.75, 3.05) is 18.8 Å². The van der Waals surface area contributed by atoms with Crippen molar-refractivity contribution < 1.29 is 0 Å². The van der Waals surface area contributed by atoms with Crippen LogP contribution >= 0.6 is 12.1 Å². The van der Waals surface area contributed by atoms with Crippen molar-refractivity contribution in [3.8, 4) is 0 Å². The van der Waals surface area contributed by atoms with Crippen molar-refractivity contribution in [2.45, 2.75) is 88.9 Å². The molecule has 0 saturated heterocycles. The van der Waals surface area contributed by atoms with Crippen LogP contribution in [0, 0.1) is 0 Å². The van der Waals surface area contributed by atoms with Crippen LogP contribution in [0.3, 0.4) is 0 Å². The van der Waals surface area contributed by atoms with Gasteiger partial charge in [0.2, 0.25) is 0 Å². The molecule has 0 aliphatic heterocycles. The molecule has 0 spiro atoms. The lowest BCUT2D eigenvalue weighted by molar-refractivity contribution is 0.580.